The first kappa shape index (κ1) is 14.3. The number of fused-ring (bicyclic) bond motifs is 1. The number of rotatable bonds is 2. The molecule has 0 saturated heterocycles. The molecule has 0 atom stereocenters. The number of hydrogen-bond acceptors (Lipinski definition) is 1. The smallest absolute Gasteiger partial charge is 0.0456 e. The number of halogens is 2. The van der Waals surface area contributed by atoms with Gasteiger partial charge in [0.25, 0.3) is 0 Å². The van der Waals surface area contributed by atoms with Crippen LogP contribution >= 0.6 is 24.8 Å². The van der Waals surface area contributed by atoms with Crippen LogP contribution in [0.25, 0.3) is 10.9 Å². The molecule has 2 aromatic rings. The molecule has 0 saturated carbocycles. The van der Waals surface area contributed by atoms with Gasteiger partial charge in [-0.2, -0.15) is 0 Å². The molecule has 0 aliphatic heterocycles. The SMILES string of the molecule is Cc1ccc2[nH]cc(CCN)c2c1.Cl.Cl. The molecule has 0 spiro atoms. The number of nitrogens with two attached hydrogens (primary N) is 1. The highest BCUT2D eigenvalue weighted by atomic mass is 35.5. The van der Waals surface area contributed by atoms with Crippen molar-refractivity contribution in [3.05, 3.63) is 35.5 Å². The number of hydrogen-bond donors (Lipinski definition) is 2. The van der Waals surface area contributed by atoms with E-state index in [-0.39, 0.29) is 24.8 Å². The number of aryl methyl sites for hydroxylation is 1. The van der Waals surface area contributed by atoms with Gasteiger partial charge in [0, 0.05) is 17.1 Å². The molecule has 1 aromatic carbocycles. The Balaban J connectivity index is 0.000000980. The van der Waals surface area contributed by atoms with E-state index in [2.05, 4.69) is 36.3 Å². The van der Waals surface area contributed by atoms with E-state index in [1.54, 1.807) is 0 Å². The van der Waals surface area contributed by atoms with Gasteiger partial charge in [0.15, 0.2) is 0 Å². The van der Waals surface area contributed by atoms with Crippen molar-refractivity contribution in [2.24, 2.45) is 5.73 Å². The fourth-order valence-electron chi connectivity index (χ4n) is 1.65. The molecule has 0 amide bonds. The first-order valence-electron chi connectivity index (χ1n) is 4.58. The second-order valence-electron chi connectivity index (χ2n) is 3.40. The summed E-state index contributed by atoms with van der Waals surface area (Å²) in [5.41, 5.74) is 9.35. The predicted molar refractivity (Wildman–Crippen MR) is 70.3 cm³/mol. The summed E-state index contributed by atoms with van der Waals surface area (Å²) in [5.74, 6) is 0. The fourth-order valence-corrected chi connectivity index (χ4v) is 1.65. The van der Waals surface area contributed by atoms with Crippen molar-refractivity contribution in [3.63, 3.8) is 0 Å². The molecule has 0 radical (unpaired) electrons. The Labute approximate surface area is 102 Å². The Morgan fingerprint density at radius 1 is 1.27 bits per heavy atom. The summed E-state index contributed by atoms with van der Waals surface area (Å²) in [6, 6.07) is 6.44. The fraction of sp³-hybridized carbons (Fsp3) is 0.273. The average molecular weight is 247 g/mol. The van der Waals surface area contributed by atoms with Crippen molar-refractivity contribution in [1.29, 1.82) is 0 Å². The van der Waals surface area contributed by atoms with Gasteiger partial charge in [-0.25, -0.2) is 0 Å². The normalized spacial score (nSPS) is 9.47. The number of aromatic nitrogens is 1. The van der Waals surface area contributed by atoms with Crippen molar-refractivity contribution < 1.29 is 0 Å². The Morgan fingerprint density at radius 2 is 2.00 bits per heavy atom. The third-order valence-electron chi connectivity index (χ3n) is 2.34. The van der Waals surface area contributed by atoms with Crippen molar-refractivity contribution in [2.75, 3.05) is 6.54 Å². The summed E-state index contributed by atoms with van der Waals surface area (Å²) < 4.78 is 0. The predicted octanol–water partition coefficient (Wildman–Crippen LogP) is 2.82. The standard InChI is InChI=1S/C11H14N2.2ClH/c1-8-2-3-11-10(6-8)9(4-5-12)7-13-11;;/h2-3,6-7,13H,4-5,12H2,1H3;2*1H. The van der Waals surface area contributed by atoms with Crippen LogP contribution in [0.3, 0.4) is 0 Å². The van der Waals surface area contributed by atoms with Gasteiger partial charge in [0.2, 0.25) is 0 Å². The zero-order valence-corrected chi connectivity index (χ0v) is 10.3. The summed E-state index contributed by atoms with van der Waals surface area (Å²) in [7, 11) is 0. The lowest BCUT2D eigenvalue weighted by Gasteiger charge is -1.96. The number of benzene rings is 1. The summed E-state index contributed by atoms with van der Waals surface area (Å²) in [6.45, 7) is 2.82. The van der Waals surface area contributed by atoms with Gasteiger partial charge in [0.05, 0.1) is 0 Å². The molecular formula is C11H16Cl2N2. The third kappa shape index (κ3) is 2.88. The van der Waals surface area contributed by atoms with Gasteiger partial charge < -0.3 is 10.7 Å². The lowest BCUT2D eigenvalue weighted by atomic mass is 10.1. The largest absolute Gasteiger partial charge is 0.361 e. The molecule has 0 aliphatic rings. The molecule has 15 heavy (non-hydrogen) atoms. The van der Waals surface area contributed by atoms with Crippen molar-refractivity contribution in [2.45, 2.75) is 13.3 Å². The molecule has 0 fully saturated rings. The molecule has 1 aromatic heterocycles. The first-order valence-corrected chi connectivity index (χ1v) is 4.58. The molecule has 0 unspecified atom stereocenters. The second-order valence-corrected chi connectivity index (χ2v) is 3.40. The molecule has 0 bridgehead atoms. The Bertz CT molecular complexity index is 423. The number of nitrogens with one attached hydrogen (secondary N) is 1. The minimum atomic E-state index is 0. The zero-order valence-electron chi connectivity index (χ0n) is 8.62. The molecule has 2 nitrogen and oxygen atoms in total. The highest BCUT2D eigenvalue weighted by molar-refractivity contribution is 5.85. The maximum Gasteiger partial charge on any atom is 0.0456 e. The Morgan fingerprint density at radius 3 is 2.67 bits per heavy atom. The van der Waals surface area contributed by atoms with Crippen LogP contribution in [0.4, 0.5) is 0 Å². The summed E-state index contributed by atoms with van der Waals surface area (Å²) in [5, 5.41) is 1.31. The summed E-state index contributed by atoms with van der Waals surface area (Å²) >= 11 is 0. The molecule has 1 heterocycles. The van der Waals surface area contributed by atoms with Crippen molar-refractivity contribution in [1.82, 2.24) is 4.98 Å². The number of aromatic amines is 1. The van der Waals surface area contributed by atoms with Gasteiger partial charge in [-0.15, -0.1) is 24.8 Å². The van der Waals surface area contributed by atoms with Crippen molar-refractivity contribution in [3.8, 4) is 0 Å². The highest BCUT2D eigenvalue weighted by Gasteiger charge is 2.01. The van der Waals surface area contributed by atoms with E-state index in [9.17, 15) is 0 Å². The van der Waals surface area contributed by atoms with Crippen LogP contribution in [-0.4, -0.2) is 11.5 Å². The highest BCUT2D eigenvalue weighted by Crippen LogP contribution is 2.19. The maximum absolute atomic E-state index is 5.53. The summed E-state index contributed by atoms with van der Waals surface area (Å²) in [6.07, 6.45) is 3.00. The van der Waals surface area contributed by atoms with E-state index in [4.69, 9.17) is 5.73 Å². The Kier molecular flexibility index (Phi) is 5.73. The second kappa shape index (κ2) is 6.01. The first-order chi connectivity index (χ1) is 6.31. The minimum Gasteiger partial charge on any atom is -0.361 e. The van der Waals surface area contributed by atoms with Gasteiger partial charge in [-0.3, -0.25) is 0 Å². The van der Waals surface area contributed by atoms with Crippen molar-refractivity contribution >= 4 is 35.7 Å². The van der Waals surface area contributed by atoms with Gasteiger partial charge in [-0.05, 0) is 37.6 Å². The quantitative estimate of drug-likeness (QED) is 0.841. The minimum absolute atomic E-state index is 0. The topological polar surface area (TPSA) is 41.8 Å². The van der Waals surface area contributed by atoms with Gasteiger partial charge in [0.1, 0.15) is 0 Å². The van der Waals surface area contributed by atoms with Gasteiger partial charge in [-0.1, -0.05) is 11.6 Å². The van der Waals surface area contributed by atoms with E-state index >= 15 is 0 Å². The zero-order chi connectivity index (χ0) is 9.26. The molecule has 3 N–H and O–H groups in total. The molecular weight excluding hydrogens is 231 g/mol. The third-order valence-corrected chi connectivity index (χ3v) is 2.34. The lowest BCUT2D eigenvalue weighted by molar-refractivity contribution is 0.976. The molecule has 4 heteroatoms. The molecule has 2 rings (SSSR count). The van der Waals surface area contributed by atoms with E-state index < -0.39 is 0 Å². The lowest BCUT2D eigenvalue weighted by Crippen LogP contribution is -2.01. The monoisotopic (exact) mass is 246 g/mol. The summed E-state index contributed by atoms with van der Waals surface area (Å²) in [4.78, 5) is 3.24. The van der Waals surface area contributed by atoms with Crippen LogP contribution in [-0.2, 0) is 6.42 Å². The van der Waals surface area contributed by atoms with Crippen LogP contribution in [0, 0.1) is 6.92 Å². The van der Waals surface area contributed by atoms with Crippen LogP contribution in [0.2, 0.25) is 0 Å². The van der Waals surface area contributed by atoms with E-state index in [1.807, 2.05) is 0 Å². The van der Waals surface area contributed by atoms with Gasteiger partial charge >= 0.3 is 0 Å². The van der Waals surface area contributed by atoms with E-state index in [0.717, 1.165) is 6.42 Å². The van der Waals surface area contributed by atoms with Crippen LogP contribution in [0.5, 0.6) is 0 Å². The van der Waals surface area contributed by atoms with Crippen LogP contribution in [0.15, 0.2) is 24.4 Å². The van der Waals surface area contributed by atoms with Crippen LogP contribution in [0.1, 0.15) is 11.1 Å². The van der Waals surface area contributed by atoms with Crippen LogP contribution < -0.4 is 5.73 Å². The number of H-pyrrole nitrogens is 1. The maximum atomic E-state index is 5.53. The Hall–Kier alpha value is -0.700. The molecule has 0 aliphatic carbocycles. The average Bonchev–Trinajstić information content (AvgIpc) is 2.49. The van der Waals surface area contributed by atoms with E-state index in [0.29, 0.717) is 6.54 Å². The molecule has 84 valence electrons. The van der Waals surface area contributed by atoms with E-state index in [1.165, 1.54) is 22.0 Å².